The van der Waals surface area contributed by atoms with Gasteiger partial charge in [0.25, 0.3) is 5.56 Å². The van der Waals surface area contributed by atoms with Crippen LogP contribution in [-0.4, -0.2) is 26.5 Å². The lowest BCUT2D eigenvalue weighted by molar-refractivity contribution is -0.115. The molecule has 0 saturated carbocycles. The Bertz CT molecular complexity index is 1130. The van der Waals surface area contributed by atoms with Crippen LogP contribution in [0.5, 0.6) is 0 Å². The van der Waals surface area contributed by atoms with Gasteiger partial charge in [0, 0.05) is 23.2 Å². The lowest BCUT2D eigenvalue weighted by Gasteiger charge is -2.13. The normalized spacial score (nSPS) is 12.2. The highest BCUT2D eigenvalue weighted by molar-refractivity contribution is 8.00. The summed E-state index contributed by atoms with van der Waals surface area (Å²) in [5.41, 5.74) is 2.07. The third-order valence-corrected chi connectivity index (χ3v) is 6.82. The number of nitrogens with one attached hydrogen (secondary N) is 1. The number of Topliss-reactive ketones (excluding diaryl/α,β-unsaturated/α-hetero) is 1. The number of hydrogen-bond donors (Lipinski definition) is 1. The van der Waals surface area contributed by atoms with Gasteiger partial charge in [0.1, 0.15) is 4.83 Å². The van der Waals surface area contributed by atoms with Crippen molar-refractivity contribution in [3.63, 3.8) is 0 Å². The average Bonchev–Trinajstić information content (AvgIpc) is 2.93. The maximum atomic E-state index is 12.7. The van der Waals surface area contributed by atoms with Crippen molar-refractivity contribution in [2.45, 2.75) is 38.1 Å². The molecule has 0 aliphatic rings. The van der Waals surface area contributed by atoms with Crippen LogP contribution in [0.25, 0.3) is 10.2 Å². The SMILES string of the molecule is CC(=O)c1ccc(NC(=O)[C@H](C)Sc2nc3sc(C)c(C)c3c(=O)n2C)cc1. The van der Waals surface area contributed by atoms with E-state index in [1.54, 1.807) is 38.2 Å². The van der Waals surface area contributed by atoms with Gasteiger partial charge in [-0.2, -0.15) is 0 Å². The summed E-state index contributed by atoms with van der Waals surface area (Å²) in [7, 11) is 1.68. The number of aromatic nitrogens is 2. The summed E-state index contributed by atoms with van der Waals surface area (Å²) < 4.78 is 1.50. The molecule has 0 radical (unpaired) electrons. The lowest BCUT2D eigenvalue weighted by atomic mass is 10.1. The van der Waals surface area contributed by atoms with Crippen LogP contribution in [0.15, 0.2) is 34.2 Å². The van der Waals surface area contributed by atoms with E-state index in [1.807, 2.05) is 13.8 Å². The molecular weight excluding hydrogens is 394 g/mol. The van der Waals surface area contributed by atoms with Gasteiger partial charge >= 0.3 is 0 Å². The van der Waals surface area contributed by atoms with Crippen LogP contribution < -0.4 is 10.9 Å². The molecule has 0 bridgehead atoms. The molecule has 1 amide bonds. The van der Waals surface area contributed by atoms with Gasteiger partial charge in [0.15, 0.2) is 10.9 Å². The minimum absolute atomic E-state index is 0.0248. The molecule has 2 aromatic heterocycles. The second-order valence-electron chi connectivity index (χ2n) is 6.60. The van der Waals surface area contributed by atoms with E-state index in [9.17, 15) is 14.4 Å². The van der Waals surface area contributed by atoms with Gasteiger partial charge in [-0.1, -0.05) is 11.8 Å². The van der Waals surface area contributed by atoms with E-state index in [0.29, 0.717) is 26.6 Å². The summed E-state index contributed by atoms with van der Waals surface area (Å²) in [4.78, 5) is 43.0. The Hall–Kier alpha value is -2.45. The van der Waals surface area contributed by atoms with Crippen LogP contribution in [0.3, 0.4) is 0 Å². The number of carbonyl (C=O) groups is 2. The van der Waals surface area contributed by atoms with Gasteiger partial charge in [-0.15, -0.1) is 11.3 Å². The summed E-state index contributed by atoms with van der Waals surface area (Å²) in [5.74, 6) is -0.225. The number of thioether (sulfide) groups is 1. The Morgan fingerprint density at radius 2 is 1.86 bits per heavy atom. The number of anilines is 1. The minimum Gasteiger partial charge on any atom is -0.325 e. The largest absolute Gasteiger partial charge is 0.325 e. The number of thiophene rings is 1. The first-order valence-electron chi connectivity index (χ1n) is 8.74. The highest BCUT2D eigenvalue weighted by Crippen LogP contribution is 2.29. The molecule has 0 aliphatic carbocycles. The third kappa shape index (κ3) is 3.88. The van der Waals surface area contributed by atoms with E-state index in [4.69, 9.17) is 0 Å². The van der Waals surface area contributed by atoms with Crippen LogP contribution in [-0.2, 0) is 11.8 Å². The van der Waals surface area contributed by atoms with Crippen molar-refractivity contribution in [3.8, 4) is 0 Å². The highest BCUT2D eigenvalue weighted by Gasteiger charge is 2.20. The molecule has 1 atom stereocenters. The molecular formula is C20H21N3O3S2. The molecule has 0 spiro atoms. The molecule has 146 valence electrons. The van der Waals surface area contributed by atoms with Crippen LogP contribution >= 0.6 is 23.1 Å². The molecule has 8 heteroatoms. The standard InChI is InChI=1S/C20H21N3O3S2/c1-10-12(3)27-18-16(10)19(26)23(5)20(22-18)28-13(4)17(25)21-15-8-6-14(7-9-15)11(2)24/h6-9,13H,1-5H3,(H,21,25)/t13-/m0/s1. The van der Waals surface area contributed by atoms with E-state index >= 15 is 0 Å². The van der Waals surface area contributed by atoms with Gasteiger partial charge in [-0.25, -0.2) is 4.98 Å². The number of hydrogen-bond acceptors (Lipinski definition) is 6. The molecule has 3 aromatic rings. The van der Waals surface area contributed by atoms with E-state index < -0.39 is 5.25 Å². The Balaban J connectivity index is 1.79. The molecule has 1 aromatic carbocycles. The summed E-state index contributed by atoms with van der Waals surface area (Å²) >= 11 is 2.73. The summed E-state index contributed by atoms with van der Waals surface area (Å²) in [5, 5.41) is 3.53. The first-order valence-corrected chi connectivity index (χ1v) is 10.4. The first kappa shape index (κ1) is 20.3. The van der Waals surface area contributed by atoms with Gasteiger partial charge in [-0.3, -0.25) is 19.0 Å². The monoisotopic (exact) mass is 415 g/mol. The molecule has 0 unspecified atom stereocenters. The maximum absolute atomic E-state index is 12.7. The van der Waals surface area contributed by atoms with E-state index in [-0.39, 0.29) is 17.2 Å². The number of rotatable bonds is 5. The molecule has 0 aliphatic heterocycles. The fourth-order valence-electron chi connectivity index (χ4n) is 2.71. The topological polar surface area (TPSA) is 81.1 Å². The van der Waals surface area contributed by atoms with Gasteiger partial charge < -0.3 is 5.32 Å². The number of aryl methyl sites for hydroxylation is 2. The van der Waals surface area contributed by atoms with Crippen molar-refractivity contribution >= 4 is 50.7 Å². The summed E-state index contributed by atoms with van der Waals surface area (Å²) in [6.07, 6.45) is 0. The first-order chi connectivity index (χ1) is 13.2. The van der Waals surface area contributed by atoms with Crippen LogP contribution in [0.2, 0.25) is 0 Å². The van der Waals surface area contributed by atoms with Crippen LogP contribution in [0, 0.1) is 13.8 Å². The van der Waals surface area contributed by atoms with Crippen molar-refractivity contribution < 1.29 is 9.59 Å². The fourth-order valence-corrected chi connectivity index (χ4v) is 4.65. The number of ketones is 1. The number of carbonyl (C=O) groups excluding carboxylic acids is 2. The number of fused-ring (bicyclic) bond motifs is 1. The van der Waals surface area contributed by atoms with Crippen LogP contribution in [0.1, 0.15) is 34.6 Å². The highest BCUT2D eigenvalue weighted by atomic mass is 32.2. The Labute approximate surface area is 171 Å². The molecule has 0 fully saturated rings. The van der Waals surface area contributed by atoms with Crippen molar-refractivity contribution in [1.29, 1.82) is 0 Å². The van der Waals surface area contributed by atoms with Gasteiger partial charge in [-0.05, 0) is 57.5 Å². The molecule has 6 nitrogen and oxygen atoms in total. The Kier molecular flexibility index (Phi) is 5.71. The second-order valence-corrected chi connectivity index (χ2v) is 9.12. The predicted octanol–water partition coefficient (Wildman–Crippen LogP) is 3.93. The average molecular weight is 416 g/mol. The van der Waals surface area contributed by atoms with E-state index in [0.717, 1.165) is 10.4 Å². The Morgan fingerprint density at radius 3 is 2.46 bits per heavy atom. The zero-order valence-corrected chi connectivity index (χ0v) is 18.0. The van der Waals surface area contributed by atoms with Gasteiger partial charge in [0.05, 0.1) is 10.6 Å². The number of nitrogens with zero attached hydrogens (tertiary/aromatic N) is 2. The molecule has 28 heavy (non-hydrogen) atoms. The van der Waals surface area contributed by atoms with E-state index in [2.05, 4.69) is 10.3 Å². The quantitative estimate of drug-likeness (QED) is 0.388. The molecule has 3 rings (SSSR count). The van der Waals surface area contributed by atoms with Crippen molar-refractivity contribution in [3.05, 3.63) is 50.6 Å². The summed E-state index contributed by atoms with van der Waals surface area (Å²) in [6, 6.07) is 6.75. The van der Waals surface area contributed by atoms with E-state index in [1.165, 1.54) is 34.6 Å². The minimum atomic E-state index is -0.454. The summed E-state index contributed by atoms with van der Waals surface area (Å²) in [6.45, 7) is 7.17. The zero-order chi connectivity index (χ0) is 20.6. The molecule has 2 heterocycles. The molecule has 0 saturated heterocycles. The van der Waals surface area contributed by atoms with Crippen molar-refractivity contribution in [2.24, 2.45) is 7.05 Å². The van der Waals surface area contributed by atoms with Crippen molar-refractivity contribution in [1.82, 2.24) is 9.55 Å². The fraction of sp³-hybridized carbons (Fsp3) is 0.300. The molecule has 1 N–H and O–H groups in total. The lowest BCUT2D eigenvalue weighted by Crippen LogP contribution is -2.25. The maximum Gasteiger partial charge on any atom is 0.262 e. The smallest absolute Gasteiger partial charge is 0.262 e. The zero-order valence-electron chi connectivity index (χ0n) is 16.3. The van der Waals surface area contributed by atoms with Gasteiger partial charge in [0.2, 0.25) is 5.91 Å². The predicted molar refractivity (Wildman–Crippen MR) is 115 cm³/mol. The van der Waals surface area contributed by atoms with Crippen LogP contribution in [0.4, 0.5) is 5.69 Å². The second kappa shape index (κ2) is 7.89. The Morgan fingerprint density at radius 1 is 1.21 bits per heavy atom. The number of benzene rings is 1. The van der Waals surface area contributed by atoms with Crippen molar-refractivity contribution in [2.75, 3.05) is 5.32 Å². The number of amides is 1. The third-order valence-electron chi connectivity index (χ3n) is 4.58.